The van der Waals surface area contributed by atoms with E-state index in [-0.39, 0.29) is 46.8 Å². The van der Waals surface area contributed by atoms with Gasteiger partial charge >= 0.3 is 20.3 Å². The number of nitrogens with zero attached hydrogens (tertiary/aromatic N) is 10. The van der Waals surface area contributed by atoms with Crippen LogP contribution in [-0.4, -0.2) is 176 Å². The first-order chi connectivity index (χ1) is 40.0. The minimum atomic E-state index is -3.08. The molecule has 5 aliphatic heterocycles. The molecule has 0 radical (unpaired) electrons. The fourth-order valence-corrected chi connectivity index (χ4v) is 10.2. The average molecular weight is 1190 g/mol. The van der Waals surface area contributed by atoms with Crippen LogP contribution in [0.15, 0.2) is 60.7 Å². The Balaban J connectivity index is 0.000000158. The van der Waals surface area contributed by atoms with E-state index in [0.29, 0.717) is 111 Å². The van der Waals surface area contributed by atoms with E-state index in [0.717, 1.165) is 35.5 Å². The van der Waals surface area contributed by atoms with Gasteiger partial charge in [0.05, 0.1) is 116 Å². The highest BCUT2D eigenvalue weighted by molar-refractivity contribution is 6.62. The van der Waals surface area contributed by atoms with Crippen LogP contribution in [0.3, 0.4) is 0 Å². The minimum Gasteiger partial charge on any atom is -0.434 e. The third kappa shape index (κ3) is 13.9. The number of primary amides is 2. The van der Waals surface area contributed by atoms with E-state index in [9.17, 15) is 27.2 Å². The number of alkyl halides is 4. The van der Waals surface area contributed by atoms with Crippen LogP contribution in [0.1, 0.15) is 76.1 Å². The Morgan fingerprint density at radius 1 is 0.571 bits per heavy atom. The lowest BCUT2D eigenvalue weighted by Crippen LogP contribution is -2.46. The number of ether oxygens (including phenoxy) is 6. The number of anilines is 4. The first-order valence-electron chi connectivity index (χ1n) is 27.5. The number of pyridine rings is 2. The largest absolute Gasteiger partial charge is 0.494 e. The highest BCUT2D eigenvalue weighted by Crippen LogP contribution is 2.38. The van der Waals surface area contributed by atoms with Crippen LogP contribution < -0.4 is 46.0 Å². The summed E-state index contributed by atoms with van der Waals surface area (Å²) >= 11 is 6.11. The van der Waals surface area contributed by atoms with Crippen LogP contribution in [0.2, 0.25) is 5.15 Å². The van der Waals surface area contributed by atoms with E-state index in [1.54, 1.807) is 18.2 Å². The second-order valence-corrected chi connectivity index (χ2v) is 22.2. The van der Waals surface area contributed by atoms with Crippen molar-refractivity contribution in [1.29, 1.82) is 0 Å². The molecular formula is C56H68BClF4N12O10. The van der Waals surface area contributed by atoms with Crippen molar-refractivity contribution in [3.8, 4) is 22.8 Å². The van der Waals surface area contributed by atoms with Crippen LogP contribution >= 0.6 is 11.6 Å². The molecule has 0 unspecified atom stereocenters. The van der Waals surface area contributed by atoms with Gasteiger partial charge in [-0.15, -0.1) is 0 Å². The number of aromatic nitrogens is 6. The minimum absolute atomic E-state index is 0.0878. The number of benzene rings is 2. The molecule has 22 nitrogen and oxygen atoms in total. The van der Waals surface area contributed by atoms with E-state index < -0.39 is 43.4 Å². The standard InChI is InChI=1S/C25H28F2N6O4.C17H22ClN5O2.C14H18BF2NO4/c1-14-12-35-9-7-32(14)23-17-4-5-19(16-3-6-20(37-24(26)27)18(11-16)21(28)34)29-22(17)30-25(31-23)33-8-10-36-13-15(33)2;1-11-9-24-7-5-22(11)16-13-3-4-14(18)19-15(13)20-17(21-16)23-6-8-25-10-12(23)2;1-13(2)14(3,4)22-15(21-13)8-5-6-10(20-12(16)17)9(7-8)11(18)19/h3-6,11,14-15,24H,7-10,12-13H2,1-2H3,(H2,28,34);3-4,11-12H,5-10H2,1-2H3;5-7,12H,1-4H3,(H2,18,19)/t14-,15-;11-,12-;/m00./s1. The molecule has 5 aliphatic rings. The van der Waals surface area contributed by atoms with Crippen molar-refractivity contribution in [3.05, 3.63) is 76.9 Å². The van der Waals surface area contributed by atoms with Gasteiger partial charge in [-0.2, -0.15) is 37.5 Å². The third-order valence-electron chi connectivity index (χ3n) is 15.3. The number of carbonyl (C=O) groups is 2. The normalized spacial score (nSPS) is 21.5. The fraction of sp³-hybridized carbons (Fsp3) is 0.500. The van der Waals surface area contributed by atoms with Gasteiger partial charge in [-0.05, 0) is 115 Å². The zero-order valence-corrected chi connectivity index (χ0v) is 48.7. The van der Waals surface area contributed by atoms with Gasteiger partial charge in [-0.25, -0.2) is 9.97 Å². The Kier molecular flexibility index (Phi) is 19.1. The second-order valence-electron chi connectivity index (χ2n) is 21.8. The topological polar surface area (TPSA) is 250 Å². The molecule has 450 valence electrons. The van der Waals surface area contributed by atoms with Gasteiger partial charge in [-0.1, -0.05) is 17.7 Å². The lowest BCUT2D eigenvalue weighted by molar-refractivity contribution is -0.0508. The summed E-state index contributed by atoms with van der Waals surface area (Å²) in [5.41, 5.74) is 11.9. The SMILES string of the molecule is CC1(C)OB(c2ccc(OC(F)F)c(C(N)=O)c2)OC1(C)C.C[C@H]1COCCN1c1nc(N2CCOC[C@@H]2C)c2ccc(-c3ccc(OC(F)F)c(C(N)=O)c3)nc2n1.C[C@H]1COCCN1c1nc(N2CCOC[C@@H]2C)c2ccc(Cl)nc2n1. The third-order valence-corrected chi connectivity index (χ3v) is 15.5. The molecule has 9 heterocycles. The first-order valence-corrected chi connectivity index (χ1v) is 27.9. The molecule has 4 aromatic heterocycles. The predicted octanol–water partition coefficient (Wildman–Crippen LogP) is 6.66. The molecule has 5 saturated heterocycles. The van der Waals surface area contributed by atoms with Gasteiger partial charge in [0.25, 0.3) is 11.8 Å². The summed E-state index contributed by atoms with van der Waals surface area (Å²) < 4.78 is 93.0. The first kappa shape index (κ1) is 61.6. The average Bonchev–Trinajstić information content (AvgIpc) is 3.89. The van der Waals surface area contributed by atoms with Crippen LogP contribution in [-0.2, 0) is 28.3 Å². The van der Waals surface area contributed by atoms with Gasteiger partial charge in [0.1, 0.15) is 28.3 Å². The van der Waals surface area contributed by atoms with Crippen molar-refractivity contribution in [2.24, 2.45) is 11.5 Å². The smallest absolute Gasteiger partial charge is 0.434 e. The van der Waals surface area contributed by atoms with Crippen LogP contribution in [0.25, 0.3) is 33.3 Å². The van der Waals surface area contributed by atoms with Crippen molar-refractivity contribution in [3.63, 3.8) is 0 Å². The van der Waals surface area contributed by atoms with Crippen molar-refractivity contribution >= 4 is 81.6 Å². The summed E-state index contributed by atoms with van der Waals surface area (Å²) in [6.45, 7) is 17.8. The van der Waals surface area contributed by atoms with Gasteiger partial charge in [-0.3, -0.25) is 9.59 Å². The Morgan fingerprint density at radius 3 is 1.43 bits per heavy atom. The molecule has 2 aromatic carbocycles. The van der Waals surface area contributed by atoms with E-state index in [1.165, 1.54) is 30.3 Å². The maximum Gasteiger partial charge on any atom is 0.494 e. The number of carbonyl (C=O) groups excluding carboxylic acids is 2. The van der Waals surface area contributed by atoms with Crippen molar-refractivity contribution in [2.75, 3.05) is 98.6 Å². The fourth-order valence-electron chi connectivity index (χ4n) is 10.1. The number of hydrogen-bond donors (Lipinski definition) is 2. The zero-order chi connectivity index (χ0) is 60.2. The summed E-state index contributed by atoms with van der Waals surface area (Å²) in [7, 11) is -0.719. The summed E-state index contributed by atoms with van der Waals surface area (Å²) in [4.78, 5) is 60.7. The zero-order valence-electron chi connectivity index (χ0n) is 47.9. The quantitative estimate of drug-likeness (QED) is 0.0738. The molecule has 28 heteroatoms. The Morgan fingerprint density at radius 2 is 0.988 bits per heavy atom. The maximum atomic E-state index is 12.8. The molecule has 11 rings (SSSR count). The molecule has 4 atom stereocenters. The summed E-state index contributed by atoms with van der Waals surface area (Å²) in [5.74, 6) is 0.601. The predicted molar refractivity (Wildman–Crippen MR) is 308 cm³/mol. The lowest BCUT2D eigenvalue weighted by atomic mass is 9.78. The van der Waals surface area contributed by atoms with E-state index in [2.05, 4.69) is 61.8 Å². The van der Waals surface area contributed by atoms with Gasteiger partial charge < -0.3 is 68.8 Å². The summed E-state index contributed by atoms with van der Waals surface area (Å²) in [6.07, 6.45) is 0. The van der Waals surface area contributed by atoms with E-state index >= 15 is 0 Å². The van der Waals surface area contributed by atoms with Crippen LogP contribution in [0.5, 0.6) is 11.5 Å². The highest BCUT2D eigenvalue weighted by Gasteiger charge is 2.52. The number of morpholine rings is 4. The molecule has 5 fully saturated rings. The number of rotatable bonds is 12. The van der Waals surface area contributed by atoms with Gasteiger partial charge in [0.15, 0.2) is 11.3 Å². The molecule has 84 heavy (non-hydrogen) atoms. The number of fused-ring (bicyclic) bond motifs is 2. The maximum absolute atomic E-state index is 12.8. The van der Waals surface area contributed by atoms with Crippen molar-refractivity contribution < 1.29 is 64.9 Å². The Labute approximate surface area is 488 Å². The molecule has 6 aromatic rings. The van der Waals surface area contributed by atoms with Gasteiger partial charge in [0, 0.05) is 31.7 Å². The summed E-state index contributed by atoms with van der Waals surface area (Å²) in [6, 6.07) is 16.4. The van der Waals surface area contributed by atoms with E-state index in [4.69, 9.17) is 76.2 Å². The van der Waals surface area contributed by atoms with E-state index in [1.807, 2.05) is 39.8 Å². The van der Waals surface area contributed by atoms with Crippen LogP contribution in [0, 0.1) is 0 Å². The lowest BCUT2D eigenvalue weighted by Gasteiger charge is -2.37. The molecule has 0 spiro atoms. The second kappa shape index (κ2) is 26.1. The number of amides is 2. The molecule has 2 amide bonds. The summed E-state index contributed by atoms with van der Waals surface area (Å²) in [5, 5.41) is 2.13. The van der Waals surface area contributed by atoms with Crippen LogP contribution in [0.4, 0.5) is 41.1 Å². The molecule has 0 bridgehead atoms. The Bertz CT molecular complexity index is 3330. The monoisotopic (exact) mass is 1190 g/mol. The number of nitrogens with two attached hydrogens (primary N) is 2. The molecular weight excluding hydrogens is 1120 g/mol. The molecule has 4 N–H and O–H groups in total. The number of halogens is 5. The van der Waals surface area contributed by atoms with Crippen molar-refractivity contribution in [2.45, 2.75) is 104 Å². The van der Waals surface area contributed by atoms with Gasteiger partial charge in [0.2, 0.25) is 11.9 Å². The number of hydrogen-bond acceptors (Lipinski definition) is 20. The van der Waals surface area contributed by atoms with Crippen molar-refractivity contribution in [1.82, 2.24) is 29.9 Å². The molecule has 0 saturated carbocycles. The highest BCUT2D eigenvalue weighted by atomic mass is 35.5. The molecule has 0 aliphatic carbocycles. The Hall–Kier alpha value is -7.01.